The Morgan fingerprint density at radius 3 is 2.88 bits per heavy atom. The number of nitrogens with one attached hydrogen (secondary N) is 1. The van der Waals surface area contributed by atoms with Crippen molar-refractivity contribution in [3.63, 3.8) is 0 Å². The summed E-state index contributed by atoms with van der Waals surface area (Å²) in [5, 5.41) is 4.24. The van der Waals surface area contributed by atoms with Gasteiger partial charge < -0.3 is 9.88 Å². The highest BCUT2D eigenvalue weighted by molar-refractivity contribution is 7.99. The van der Waals surface area contributed by atoms with E-state index in [4.69, 9.17) is 0 Å². The maximum absolute atomic E-state index is 12.6. The number of rotatable bonds is 5. The lowest BCUT2D eigenvalue weighted by Crippen LogP contribution is -2.27. The predicted molar refractivity (Wildman–Crippen MR) is 99.8 cm³/mol. The van der Waals surface area contributed by atoms with Crippen LogP contribution in [0.2, 0.25) is 0 Å². The smallest absolute Gasteiger partial charge is 0.267 e. The molecule has 2 aromatic carbocycles. The minimum Gasteiger partial charge on any atom is -0.351 e. The normalized spacial score (nSPS) is 13.2. The molecule has 0 bridgehead atoms. The lowest BCUT2D eigenvalue weighted by Gasteiger charge is -2.17. The van der Waals surface area contributed by atoms with Crippen LogP contribution in [0.5, 0.6) is 0 Å². The highest BCUT2D eigenvalue weighted by Crippen LogP contribution is 2.34. The molecule has 1 N–H and O–H groups in total. The van der Waals surface area contributed by atoms with E-state index in [-0.39, 0.29) is 5.91 Å². The van der Waals surface area contributed by atoms with Crippen LogP contribution in [0.3, 0.4) is 0 Å². The zero-order valence-electron chi connectivity index (χ0n) is 13.5. The summed E-state index contributed by atoms with van der Waals surface area (Å²) in [5.74, 6) is 1.06. The second-order valence-corrected chi connectivity index (χ2v) is 7.21. The van der Waals surface area contributed by atoms with Gasteiger partial charge in [-0.25, -0.2) is 0 Å². The van der Waals surface area contributed by atoms with E-state index in [0.717, 1.165) is 36.2 Å². The summed E-state index contributed by atoms with van der Waals surface area (Å²) in [6.45, 7) is 1.61. The Morgan fingerprint density at radius 1 is 1.12 bits per heavy atom. The summed E-state index contributed by atoms with van der Waals surface area (Å²) in [5.41, 5.74) is 3.32. The van der Waals surface area contributed by atoms with Crippen LogP contribution in [-0.2, 0) is 13.0 Å². The Morgan fingerprint density at radius 2 is 2.00 bits per heavy atom. The topological polar surface area (TPSA) is 34.0 Å². The van der Waals surface area contributed by atoms with Gasteiger partial charge in [-0.1, -0.05) is 42.5 Å². The van der Waals surface area contributed by atoms with E-state index in [0.29, 0.717) is 6.54 Å². The number of aromatic nitrogens is 1. The van der Waals surface area contributed by atoms with E-state index in [1.54, 1.807) is 0 Å². The maximum atomic E-state index is 12.6. The van der Waals surface area contributed by atoms with Gasteiger partial charge in [-0.15, -0.1) is 11.8 Å². The Bertz CT molecular complexity index is 870. The molecule has 3 aromatic rings. The van der Waals surface area contributed by atoms with Crippen molar-refractivity contribution in [2.24, 2.45) is 0 Å². The number of para-hydroxylation sites is 1. The predicted octanol–water partition coefficient (Wildman–Crippen LogP) is 4.11. The number of hydrogen-bond acceptors (Lipinski definition) is 2. The molecule has 1 amide bonds. The van der Waals surface area contributed by atoms with Gasteiger partial charge in [0.15, 0.2) is 0 Å². The van der Waals surface area contributed by atoms with Crippen molar-refractivity contribution in [2.75, 3.05) is 12.3 Å². The summed E-state index contributed by atoms with van der Waals surface area (Å²) in [6.07, 6.45) is 1.95. The number of carbonyl (C=O) groups excluding carboxylic acids is 1. The minimum absolute atomic E-state index is 0.0390. The number of nitrogens with zero attached hydrogens (tertiary/aromatic N) is 1. The average molecular weight is 336 g/mol. The van der Waals surface area contributed by atoms with Crippen LogP contribution in [0.1, 0.15) is 22.5 Å². The Kier molecular flexibility index (Phi) is 4.30. The second kappa shape index (κ2) is 6.73. The molecular weight excluding hydrogens is 316 g/mol. The maximum Gasteiger partial charge on any atom is 0.267 e. The van der Waals surface area contributed by atoms with E-state index < -0.39 is 0 Å². The minimum atomic E-state index is 0.0390. The number of aryl methyl sites for hydroxylation is 2. The van der Waals surface area contributed by atoms with Gasteiger partial charge in [0.2, 0.25) is 0 Å². The van der Waals surface area contributed by atoms with Gasteiger partial charge in [0.25, 0.3) is 5.91 Å². The van der Waals surface area contributed by atoms with Crippen molar-refractivity contribution >= 4 is 28.6 Å². The van der Waals surface area contributed by atoms with Gasteiger partial charge in [-0.3, -0.25) is 4.79 Å². The molecule has 1 aliphatic rings. The fourth-order valence-corrected chi connectivity index (χ4v) is 4.34. The van der Waals surface area contributed by atoms with E-state index >= 15 is 0 Å². The van der Waals surface area contributed by atoms with Crippen molar-refractivity contribution in [2.45, 2.75) is 24.3 Å². The van der Waals surface area contributed by atoms with Crippen LogP contribution in [0.15, 0.2) is 59.5 Å². The standard InChI is InChI=1S/C20H20N2OS/c23-20(21-11-5-8-15-6-2-1-3-7-15)17-14-16-9-4-10-18-19(16)22(17)12-13-24-18/h1-4,6-7,9-10,14H,5,8,11-13H2,(H,21,23). The summed E-state index contributed by atoms with van der Waals surface area (Å²) in [7, 11) is 0. The van der Waals surface area contributed by atoms with Crippen LogP contribution >= 0.6 is 11.8 Å². The molecule has 2 heterocycles. The number of thioether (sulfide) groups is 1. The molecule has 0 atom stereocenters. The first-order valence-electron chi connectivity index (χ1n) is 8.40. The SMILES string of the molecule is O=C(NCCCc1ccccc1)c1cc2cccc3c2n1CCS3. The number of amides is 1. The molecule has 3 nitrogen and oxygen atoms in total. The van der Waals surface area contributed by atoms with Crippen LogP contribution in [-0.4, -0.2) is 22.8 Å². The molecule has 4 heteroatoms. The Balaban J connectivity index is 1.44. The number of carbonyl (C=O) groups is 1. The summed E-state index contributed by atoms with van der Waals surface area (Å²) < 4.78 is 2.17. The molecule has 122 valence electrons. The molecule has 1 aromatic heterocycles. The van der Waals surface area contributed by atoms with E-state index in [2.05, 4.69) is 52.3 Å². The fraction of sp³-hybridized carbons (Fsp3) is 0.250. The Labute approximate surface area is 146 Å². The fourth-order valence-electron chi connectivity index (χ4n) is 3.30. The van der Waals surface area contributed by atoms with Gasteiger partial charge in [-0.05, 0) is 30.5 Å². The molecule has 0 spiro atoms. The lowest BCUT2D eigenvalue weighted by molar-refractivity contribution is 0.0944. The van der Waals surface area contributed by atoms with Gasteiger partial charge in [0.1, 0.15) is 5.69 Å². The summed E-state index contributed by atoms with van der Waals surface area (Å²) in [6, 6.07) is 18.7. The van der Waals surface area contributed by atoms with Crippen molar-refractivity contribution in [1.82, 2.24) is 9.88 Å². The van der Waals surface area contributed by atoms with Gasteiger partial charge in [-0.2, -0.15) is 0 Å². The number of hydrogen-bond donors (Lipinski definition) is 1. The Hall–Kier alpha value is -2.20. The van der Waals surface area contributed by atoms with E-state index in [1.165, 1.54) is 16.0 Å². The molecule has 4 rings (SSSR count). The zero-order valence-corrected chi connectivity index (χ0v) is 14.3. The summed E-state index contributed by atoms with van der Waals surface area (Å²) in [4.78, 5) is 13.9. The van der Waals surface area contributed by atoms with Crippen LogP contribution in [0, 0.1) is 0 Å². The molecule has 0 aliphatic carbocycles. The summed E-state index contributed by atoms with van der Waals surface area (Å²) >= 11 is 1.87. The second-order valence-electron chi connectivity index (χ2n) is 6.07. The van der Waals surface area contributed by atoms with Crippen LogP contribution in [0.4, 0.5) is 0 Å². The largest absolute Gasteiger partial charge is 0.351 e. The molecule has 0 saturated carbocycles. The third-order valence-corrected chi connectivity index (χ3v) is 5.49. The molecule has 24 heavy (non-hydrogen) atoms. The third kappa shape index (κ3) is 2.94. The lowest BCUT2D eigenvalue weighted by atomic mass is 10.1. The molecular formula is C20H20N2OS. The monoisotopic (exact) mass is 336 g/mol. The zero-order chi connectivity index (χ0) is 16.4. The van der Waals surface area contributed by atoms with Gasteiger partial charge in [0, 0.05) is 29.1 Å². The van der Waals surface area contributed by atoms with Crippen molar-refractivity contribution in [3.05, 3.63) is 65.9 Å². The van der Waals surface area contributed by atoms with Gasteiger partial charge >= 0.3 is 0 Å². The average Bonchev–Trinajstić information content (AvgIpc) is 3.01. The quantitative estimate of drug-likeness (QED) is 0.712. The highest BCUT2D eigenvalue weighted by atomic mass is 32.2. The first-order valence-corrected chi connectivity index (χ1v) is 9.39. The van der Waals surface area contributed by atoms with Crippen LogP contribution < -0.4 is 5.32 Å². The van der Waals surface area contributed by atoms with E-state index in [9.17, 15) is 4.79 Å². The molecule has 0 unspecified atom stereocenters. The molecule has 0 radical (unpaired) electrons. The van der Waals surface area contributed by atoms with Crippen LogP contribution in [0.25, 0.3) is 10.9 Å². The van der Waals surface area contributed by atoms with Gasteiger partial charge in [0.05, 0.1) is 5.52 Å². The van der Waals surface area contributed by atoms with Crippen molar-refractivity contribution < 1.29 is 4.79 Å². The molecule has 0 saturated heterocycles. The third-order valence-electron chi connectivity index (χ3n) is 4.46. The van der Waals surface area contributed by atoms with Crippen molar-refractivity contribution in [3.8, 4) is 0 Å². The van der Waals surface area contributed by atoms with E-state index in [1.807, 2.05) is 23.9 Å². The molecule has 1 aliphatic heterocycles. The highest BCUT2D eigenvalue weighted by Gasteiger charge is 2.20. The first kappa shape index (κ1) is 15.3. The van der Waals surface area contributed by atoms with Crippen molar-refractivity contribution in [1.29, 1.82) is 0 Å². The first-order chi connectivity index (χ1) is 11.8. The molecule has 0 fully saturated rings. The number of benzene rings is 2.